The highest BCUT2D eigenvalue weighted by molar-refractivity contribution is 7.87. The second-order valence-corrected chi connectivity index (χ2v) is 4.70. The van der Waals surface area contributed by atoms with E-state index in [0.717, 1.165) is 0 Å². The first kappa shape index (κ1) is 10.8. The maximum atomic E-state index is 10.9. The molecule has 0 unspecified atom stereocenters. The third-order valence-electron chi connectivity index (χ3n) is 0.714. The molecule has 5 nitrogen and oxygen atoms in total. The zero-order chi connectivity index (χ0) is 9.12. The van der Waals surface area contributed by atoms with Crippen LogP contribution in [-0.2, 0) is 10.2 Å². The fourth-order valence-electron chi connectivity index (χ4n) is 0.549. The average molecular weight is 181 g/mol. The van der Waals surface area contributed by atoms with Gasteiger partial charge in [-0.15, -0.1) is 0 Å². The Hall–Kier alpha value is -0.170. The Morgan fingerprint density at radius 3 is 2.09 bits per heavy atom. The third-order valence-corrected chi connectivity index (χ3v) is 2.14. The summed E-state index contributed by atoms with van der Waals surface area (Å²) < 4.78 is 26.4. The van der Waals surface area contributed by atoms with E-state index in [2.05, 4.69) is 9.44 Å². The highest BCUT2D eigenvalue weighted by Crippen LogP contribution is 1.99. The van der Waals surface area contributed by atoms with E-state index >= 15 is 0 Å². The molecule has 0 saturated heterocycles. The molecule has 0 atom stereocenters. The van der Waals surface area contributed by atoms with Crippen LogP contribution in [0.15, 0.2) is 0 Å². The van der Waals surface area contributed by atoms with Gasteiger partial charge in [-0.05, 0) is 20.8 Å². The van der Waals surface area contributed by atoms with Crippen LogP contribution < -0.4 is 15.2 Å². The van der Waals surface area contributed by atoms with Crippen molar-refractivity contribution < 1.29 is 8.42 Å². The SMILES string of the molecule is CC(C)(C)NS(=O)(=O)NCN. The van der Waals surface area contributed by atoms with Crippen molar-refractivity contribution in [3.8, 4) is 0 Å². The molecule has 0 saturated carbocycles. The summed E-state index contributed by atoms with van der Waals surface area (Å²) in [5, 5.41) is 0. The molecule has 4 N–H and O–H groups in total. The first-order valence-corrected chi connectivity index (χ1v) is 4.74. The molecule has 0 heterocycles. The molecule has 0 radical (unpaired) electrons. The second-order valence-electron chi connectivity index (χ2n) is 3.20. The molecule has 0 aliphatic carbocycles. The zero-order valence-corrected chi connectivity index (χ0v) is 7.83. The van der Waals surface area contributed by atoms with Gasteiger partial charge in [0.1, 0.15) is 0 Å². The van der Waals surface area contributed by atoms with Crippen molar-refractivity contribution in [3.05, 3.63) is 0 Å². The van der Waals surface area contributed by atoms with E-state index in [9.17, 15) is 8.42 Å². The number of nitrogens with two attached hydrogens (primary N) is 1. The molecule has 0 rings (SSSR count). The Morgan fingerprint density at radius 1 is 1.36 bits per heavy atom. The summed E-state index contributed by atoms with van der Waals surface area (Å²) in [7, 11) is -3.41. The largest absolute Gasteiger partial charge is 0.318 e. The van der Waals surface area contributed by atoms with Gasteiger partial charge in [0.15, 0.2) is 0 Å². The lowest BCUT2D eigenvalue weighted by molar-refractivity contribution is 0.484. The van der Waals surface area contributed by atoms with Crippen LogP contribution in [0.4, 0.5) is 0 Å². The minimum Gasteiger partial charge on any atom is -0.318 e. The normalized spacial score (nSPS) is 13.5. The maximum absolute atomic E-state index is 10.9. The van der Waals surface area contributed by atoms with Gasteiger partial charge >= 0.3 is 0 Å². The van der Waals surface area contributed by atoms with Gasteiger partial charge in [0, 0.05) is 5.54 Å². The Balaban J connectivity index is 4.15. The first-order chi connectivity index (χ1) is 4.77. The molecular weight excluding hydrogens is 166 g/mol. The summed E-state index contributed by atoms with van der Waals surface area (Å²) in [4.78, 5) is 0. The summed E-state index contributed by atoms with van der Waals surface area (Å²) in [6.07, 6.45) is 0. The van der Waals surface area contributed by atoms with E-state index < -0.39 is 15.7 Å². The smallest absolute Gasteiger partial charge is 0.278 e. The molecule has 0 bridgehead atoms. The fourth-order valence-corrected chi connectivity index (χ4v) is 1.65. The minimum absolute atomic E-state index is 0.0919. The fraction of sp³-hybridized carbons (Fsp3) is 1.00. The van der Waals surface area contributed by atoms with Crippen molar-refractivity contribution in [1.29, 1.82) is 0 Å². The summed E-state index contributed by atoms with van der Waals surface area (Å²) in [5.74, 6) is 0. The second kappa shape index (κ2) is 3.48. The number of hydrogen-bond donors (Lipinski definition) is 3. The van der Waals surface area contributed by atoms with E-state index in [0.29, 0.717) is 0 Å². The van der Waals surface area contributed by atoms with Crippen LogP contribution in [0, 0.1) is 0 Å². The lowest BCUT2D eigenvalue weighted by Crippen LogP contribution is -2.48. The Kier molecular flexibility index (Phi) is 3.43. The van der Waals surface area contributed by atoms with E-state index in [1.165, 1.54) is 0 Å². The van der Waals surface area contributed by atoms with Gasteiger partial charge in [0.2, 0.25) is 0 Å². The van der Waals surface area contributed by atoms with Crippen LogP contribution in [0.2, 0.25) is 0 Å². The van der Waals surface area contributed by atoms with Gasteiger partial charge in [0.05, 0.1) is 6.67 Å². The van der Waals surface area contributed by atoms with Crippen LogP contribution in [0.3, 0.4) is 0 Å². The summed E-state index contributed by atoms with van der Waals surface area (Å²) >= 11 is 0. The predicted molar refractivity (Wildman–Crippen MR) is 44.0 cm³/mol. The highest BCUT2D eigenvalue weighted by atomic mass is 32.2. The maximum Gasteiger partial charge on any atom is 0.278 e. The highest BCUT2D eigenvalue weighted by Gasteiger charge is 2.18. The minimum atomic E-state index is -3.41. The van der Waals surface area contributed by atoms with Crippen LogP contribution in [0.25, 0.3) is 0 Å². The molecule has 0 aromatic heterocycles. The molecule has 0 amide bonds. The summed E-state index contributed by atoms with van der Waals surface area (Å²) in [5.41, 5.74) is 4.53. The van der Waals surface area contributed by atoms with E-state index in [-0.39, 0.29) is 6.67 Å². The van der Waals surface area contributed by atoms with Gasteiger partial charge in [-0.2, -0.15) is 17.9 Å². The Bertz CT molecular complexity index is 204. The molecule has 0 fully saturated rings. The van der Waals surface area contributed by atoms with Crippen molar-refractivity contribution >= 4 is 10.2 Å². The van der Waals surface area contributed by atoms with Crippen molar-refractivity contribution in [2.24, 2.45) is 5.73 Å². The van der Waals surface area contributed by atoms with Crippen LogP contribution in [-0.4, -0.2) is 20.6 Å². The van der Waals surface area contributed by atoms with E-state index in [1.54, 1.807) is 20.8 Å². The lowest BCUT2D eigenvalue weighted by Gasteiger charge is -2.19. The first-order valence-electron chi connectivity index (χ1n) is 3.25. The molecule has 0 aliphatic heterocycles. The van der Waals surface area contributed by atoms with Gasteiger partial charge < -0.3 is 5.73 Å². The predicted octanol–water partition coefficient (Wildman–Crippen LogP) is -0.875. The number of nitrogens with one attached hydrogen (secondary N) is 2. The van der Waals surface area contributed by atoms with Gasteiger partial charge in [-0.25, -0.2) is 0 Å². The average Bonchev–Trinajstić information content (AvgIpc) is 1.55. The monoisotopic (exact) mass is 181 g/mol. The van der Waals surface area contributed by atoms with Crippen molar-refractivity contribution in [2.45, 2.75) is 26.3 Å². The van der Waals surface area contributed by atoms with Crippen molar-refractivity contribution in [1.82, 2.24) is 9.44 Å². The Labute approximate surface area is 67.5 Å². The topological polar surface area (TPSA) is 84.2 Å². The molecule has 0 aromatic carbocycles. The molecule has 0 aromatic rings. The number of rotatable bonds is 3. The van der Waals surface area contributed by atoms with Crippen LogP contribution in [0.1, 0.15) is 20.8 Å². The Morgan fingerprint density at radius 2 is 1.82 bits per heavy atom. The van der Waals surface area contributed by atoms with E-state index in [4.69, 9.17) is 5.73 Å². The third kappa shape index (κ3) is 6.24. The van der Waals surface area contributed by atoms with Crippen molar-refractivity contribution in [2.75, 3.05) is 6.67 Å². The van der Waals surface area contributed by atoms with Gasteiger partial charge in [-0.3, -0.25) is 0 Å². The molecular formula is C5H15N3O2S. The van der Waals surface area contributed by atoms with Crippen LogP contribution >= 0.6 is 0 Å². The van der Waals surface area contributed by atoms with Gasteiger partial charge in [-0.1, -0.05) is 0 Å². The van der Waals surface area contributed by atoms with E-state index in [1.807, 2.05) is 0 Å². The summed E-state index contributed by atoms with van der Waals surface area (Å²) in [6, 6.07) is 0. The van der Waals surface area contributed by atoms with Crippen LogP contribution in [0.5, 0.6) is 0 Å². The molecule has 6 heteroatoms. The quantitative estimate of drug-likeness (QED) is 0.495. The zero-order valence-electron chi connectivity index (χ0n) is 7.01. The van der Waals surface area contributed by atoms with Gasteiger partial charge in [0.25, 0.3) is 10.2 Å². The molecule has 0 spiro atoms. The molecule has 11 heavy (non-hydrogen) atoms. The molecule has 68 valence electrons. The summed E-state index contributed by atoms with van der Waals surface area (Å²) in [6.45, 7) is 5.17. The van der Waals surface area contributed by atoms with Crippen molar-refractivity contribution in [3.63, 3.8) is 0 Å². The lowest BCUT2D eigenvalue weighted by atomic mass is 10.1. The standard InChI is InChI=1S/C5H15N3O2S/c1-5(2,3)8-11(9,10)7-4-6/h7-8H,4,6H2,1-3H3. The number of hydrogen-bond acceptors (Lipinski definition) is 3. The molecule has 0 aliphatic rings.